The first kappa shape index (κ1) is 19.7. The molecule has 0 aromatic heterocycles. The summed E-state index contributed by atoms with van der Waals surface area (Å²) in [6, 6.07) is 3.29. The van der Waals surface area contributed by atoms with Crippen LogP contribution in [0.5, 0.6) is 0 Å². The fourth-order valence-electron chi connectivity index (χ4n) is 1.06. The third-order valence-corrected chi connectivity index (χ3v) is 2.18. The Labute approximate surface area is 118 Å². The molecule has 0 fully saturated rings. The molecule has 0 aromatic carbocycles. The molecule has 0 heterocycles. The molecule has 0 bridgehead atoms. The lowest BCUT2D eigenvalue weighted by Gasteiger charge is -2.04. The predicted molar refractivity (Wildman–Crippen MR) is 67.2 cm³/mol. The molecular formula is C14H16N2O4-2. The SMILES string of the molecule is CC/C(=C/C#N)C(=O)[O-].CCCC/C(=C/C#N)C(=O)[O-]. The number of nitriles is 2. The fraction of sp³-hybridized carbons (Fsp3) is 0.429. The van der Waals surface area contributed by atoms with E-state index in [1.165, 1.54) is 0 Å². The quantitative estimate of drug-likeness (QED) is 0.495. The number of hydrogen-bond donors (Lipinski definition) is 0. The van der Waals surface area contributed by atoms with E-state index in [1.807, 2.05) is 6.92 Å². The first-order chi connectivity index (χ1) is 9.44. The molecule has 20 heavy (non-hydrogen) atoms. The number of carboxylic acid groups (broad SMARTS) is 2. The van der Waals surface area contributed by atoms with E-state index in [-0.39, 0.29) is 11.1 Å². The average molecular weight is 276 g/mol. The maximum atomic E-state index is 10.3. The van der Waals surface area contributed by atoms with Crippen LogP contribution in [0.3, 0.4) is 0 Å². The topological polar surface area (TPSA) is 128 Å². The molecule has 0 rings (SSSR count). The predicted octanol–water partition coefficient (Wildman–Crippen LogP) is -0.0272. The van der Waals surface area contributed by atoms with E-state index < -0.39 is 11.9 Å². The smallest absolute Gasteiger partial charge is 0.0915 e. The number of carboxylic acids is 2. The molecule has 0 aliphatic rings. The third kappa shape index (κ3) is 10.5. The number of rotatable bonds is 6. The van der Waals surface area contributed by atoms with Gasteiger partial charge in [0.05, 0.1) is 24.1 Å². The average Bonchev–Trinajstić information content (AvgIpc) is 2.40. The van der Waals surface area contributed by atoms with E-state index in [9.17, 15) is 19.8 Å². The van der Waals surface area contributed by atoms with Crippen molar-refractivity contribution in [2.24, 2.45) is 0 Å². The minimum Gasteiger partial charge on any atom is -0.545 e. The van der Waals surface area contributed by atoms with Crippen LogP contribution < -0.4 is 10.2 Å². The number of unbranched alkanes of at least 4 members (excludes halogenated alkanes) is 1. The summed E-state index contributed by atoms with van der Waals surface area (Å²) < 4.78 is 0. The van der Waals surface area contributed by atoms with Gasteiger partial charge in [-0.05, 0) is 30.4 Å². The standard InChI is InChI=1S/C8H11NO2.C6H7NO2/c1-2-3-4-7(5-6-9)8(10)11;1-2-5(3-4-7)6(8)9/h5H,2-4H2,1H3,(H,10,11);3H,2H2,1H3,(H,8,9)/p-2/b7-5-;5-3-. The summed E-state index contributed by atoms with van der Waals surface area (Å²) >= 11 is 0. The maximum absolute atomic E-state index is 10.3. The molecule has 0 atom stereocenters. The van der Waals surface area contributed by atoms with Crippen LogP contribution in [0.1, 0.15) is 39.5 Å². The first-order valence-electron chi connectivity index (χ1n) is 6.04. The lowest BCUT2D eigenvalue weighted by atomic mass is 10.1. The fourth-order valence-corrected chi connectivity index (χ4v) is 1.06. The van der Waals surface area contributed by atoms with Crippen molar-refractivity contribution >= 4 is 11.9 Å². The second-order valence-corrected chi connectivity index (χ2v) is 3.63. The molecule has 0 saturated carbocycles. The van der Waals surface area contributed by atoms with Gasteiger partial charge in [-0.1, -0.05) is 20.3 Å². The highest BCUT2D eigenvalue weighted by atomic mass is 16.4. The lowest BCUT2D eigenvalue weighted by molar-refractivity contribution is -0.300. The highest BCUT2D eigenvalue weighted by Crippen LogP contribution is 2.05. The summed E-state index contributed by atoms with van der Waals surface area (Å²) in [5, 5.41) is 36.4. The largest absolute Gasteiger partial charge is 0.545 e. The summed E-state index contributed by atoms with van der Waals surface area (Å²) in [6.45, 7) is 3.61. The van der Waals surface area contributed by atoms with Gasteiger partial charge in [-0.25, -0.2) is 0 Å². The van der Waals surface area contributed by atoms with Gasteiger partial charge in [0.2, 0.25) is 0 Å². The molecule has 0 unspecified atom stereocenters. The first-order valence-corrected chi connectivity index (χ1v) is 6.04. The van der Waals surface area contributed by atoms with E-state index in [1.54, 1.807) is 19.1 Å². The molecule has 108 valence electrons. The molecule has 0 amide bonds. The Hall–Kier alpha value is -2.60. The molecule has 6 nitrogen and oxygen atoms in total. The maximum Gasteiger partial charge on any atom is 0.0915 e. The second-order valence-electron chi connectivity index (χ2n) is 3.63. The Morgan fingerprint density at radius 2 is 1.45 bits per heavy atom. The van der Waals surface area contributed by atoms with Crippen LogP contribution in [-0.4, -0.2) is 11.9 Å². The van der Waals surface area contributed by atoms with Crippen LogP contribution in [0.15, 0.2) is 23.3 Å². The summed E-state index contributed by atoms with van der Waals surface area (Å²) in [4.78, 5) is 20.3. The monoisotopic (exact) mass is 276 g/mol. The van der Waals surface area contributed by atoms with E-state index in [0.29, 0.717) is 12.8 Å². The van der Waals surface area contributed by atoms with Crippen molar-refractivity contribution in [1.82, 2.24) is 0 Å². The highest BCUT2D eigenvalue weighted by Gasteiger charge is 1.96. The molecule has 0 aliphatic heterocycles. The number of aliphatic carboxylic acids is 2. The van der Waals surface area contributed by atoms with Crippen LogP contribution in [0.2, 0.25) is 0 Å². The molecule has 0 aliphatic carbocycles. The Balaban J connectivity index is 0. The second kappa shape index (κ2) is 12.8. The zero-order valence-electron chi connectivity index (χ0n) is 11.5. The van der Waals surface area contributed by atoms with Crippen molar-refractivity contribution in [3.05, 3.63) is 23.3 Å². The number of nitrogens with zero attached hydrogens (tertiary/aromatic N) is 2. The number of carbonyl (C=O) groups is 2. The third-order valence-electron chi connectivity index (χ3n) is 2.18. The molecule has 0 radical (unpaired) electrons. The van der Waals surface area contributed by atoms with E-state index in [4.69, 9.17) is 10.5 Å². The van der Waals surface area contributed by atoms with Crippen molar-refractivity contribution in [2.75, 3.05) is 0 Å². The van der Waals surface area contributed by atoms with Crippen molar-refractivity contribution in [1.29, 1.82) is 10.5 Å². The zero-order chi connectivity index (χ0) is 16.0. The number of allylic oxidation sites excluding steroid dienone is 2. The van der Waals surface area contributed by atoms with Crippen molar-refractivity contribution in [2.45, 2.75) is 39.5 Å². The van der Waals surface area contributed by atoms with Crippen molar-refractivity contribution in [3.63, 3.8) is 0 Å². The summed E-state index contributed by atoms with van der Waals surface area (Å²) in [5.41, 5.74) is 0.131. The molecule has 0 saturated heterocycles. The minimum absolute atomic E-state index is 0.0394. The number of carbonyl (C=O) groups excluding carboxylic acids is 2. The molecule has 0 N–H and O–H groups in total. The Morgan fingerprint density at radius 1 is 1.00 bits per heavy atom. The van der Waals surface area contributed by atoms with Crippen LogP contribution in [0, 0.1) is 22.7 Å². The lowest BCUT2D eigenvalue weighted by Crippen LogP contribution is -2.24. The molecule has 6 heteroatoms. The normalized spacial score (nSPS) is 10.6. The van der Waals surface area contributed by atoms with Gasteiger partial charge in [0, 0.05) is 12.2 Å². The Bertz CT molecular complexity index is 465. The van der Waals surface area contributed by atoms with Gasteiger partial charge in [-0.3, -0.25) is 0 Å². The van der Waals surface area contributed by atoms with Crippen LogP contribution in [-0.2, 0) is 9.59 Å². The van der Waals surface area contributed by atoms with Gasteiger partial charge in [0.15, 0.2) is 0 Å². The van der Waals surface area contributed by atoms with Crippen molar-refractivity contribution < 1.29 is 19.8 Å². The van der Waals surface area contributed by atoms with Gasteiger partial charge in [-0.15, -0.1) is 0 Å². The molecule has 0 spiro atoms. The van der Waals surface area contributed by atoms with Gasteiger partial charge in [-0.2, -0.15) is 10.5 Å². The van der Waals surface area contributed by atoms with Crippen LogP contribution in [0.4, 0.5) is 0 Å². The summed E-state index contributed by atoms with van der Waals surface area (Å²) in [6.07, 6.45) is 4.46. The van der Waals surface area contributed by atoms with E-state index in [2.05, 4.69) is 0 Å². The zero-order valence-corrected chi connectivity index (χ0v) is 11.5. The van der Waals surface area contributed by atoms with Crippen LogP contribution >= 0.6 is 0 Å². The molecule has 0 aromatic rings. The summed E-state index contributed by atoms with van der Waals surface area (Å²) in [7, 11) is 0. The highest BCUT2D eigenvalue weighted by molar-refractivity contribution is 5.85. The summed E-state index contributed by atoms with van der Waals surface area (Å²) in [5.74, 6) is -2.50. The van der Waals surface area contributed by atoms with Crippen LogP contribution in [0.25, 0.3) is 0 Å². The number of hydrogen-bond acceptors (Lipinski definition) is 6. The van der Waals surface area contributed by atoms with Gasteiger partial charge < -0.3 is 19.8 Å². The van der Waals surface area contributed by atoms with Gasteiger partial charge in [0.25, 0.3) is 0 Å². The van der Waals surface area contributed by atoms with E-state index >= 15 is 0 Å². The van der Waals surface area contributed by atoms with Gasteiger partial charge in [0.1, 0.15) is 0 Å². The van der Waals surface area contributed by atoms with E-state index in [0.717, 1.165) is 25.0 Å². The molecular weight excluding hydrogens is 260 g/mol. The minimum atomic E-state index is -1.26. The Morgan fingerprint density at radius 3 is 1.70 bits per heavy atom. The van der Waals surface area contributed by atoms with Crippen molar-refractivity contribution in [3.8, 4) is 12.1 Å². The van der Waals surface area contributed by atoms with Gasteiger partial charge >= 0.3 is 0 Å². The Kier molecular flexibility index (Phi) is 12.7.